The highest BCUT2D eigenvalue weighted by Crippen LogP contribution is 2.17. The first-order valence-corrected chi connectivity index (χ1v) is 7.97. The summed E-state index contributed by atoms with van der Waals surface area (Å²) in [5.41, 5.74) is 0. The van der Waals surface area contributed by atoms with Crippen molar-refractivity contribution < 1.29 is 19.1 Å². The molecular weight excluding hydrogens is 256 g/mol. The fraction of sp³-hybridized carbons (Fsp3) is 0.875. The minimum Gasteiger partial charge on any atom is -0.466 e. The van der Waals surface area contributed by atoms with E-state index in [1.165, 1.54) is 25.7 Å². The van der Waals surface area contributed by atoms with Gasteiger partial charge in [0.1, 0.15) is 0 Å². The van der Waals surface area contributed by atoms with Crippen LogP contribution in [0.3, 0.4) is 0 Å². The third-order valence-electron chi connectivity index (χ3n) is 3.24. The fourth-order valence-electron chi connectivity index (χ4n) is 2.16. The zero-order valence-electron chi connectivity index (χ0n) is 13.3. The lowest BCUT2D eigenvalue weighted by molar-refractivity contribution is -0.155. The third kappa shape index (κ3) is 9.82. The predicted octanol–water partition coefficient (Wildman–Crippen LogP) is 3.87. The average molecular weight is 286 g/mol. The van der Waals surface area contributed by atoms with Crippen LogP contribution < -0.4 is 0 Å². The summed E-state index contributed by atoms with van der Waals surface area (Å²) >= 11 is 0. The quantitative estimate of drug-likeness (QED) is 0.404. The maximum absolute atomic E-state index is 11.8. The smallest absolute Gasteiger partial charge is 0.309 e. The monoisotopic (exact) mass is 286 g/mol. The lowest BCUT2D eigenvalue weighted by Gasteiger charge is -2.14. The van der Waals surface area contributed by atoms with E-state index in [1.807, 2.05) is 0 Å². The van der Waals surface area contributed by atoms with E-state index in [1.54, 1.807) is 13.8 Å². The second-order valence-corrected chi connectivity index (χ2v) is 5.01. The second-order valence-electron chi connectivity index (χ2n) is 5.01. The maximum atomic E-state index is 11.8. The van der Waals surface area contributed by atoms with Crippen LogP contribution in [-0.4, -0.2) is 25.2 Å². The summed E-state index contributed by atoms with van der Waals surface area (Å²) in [4.78, 5) is 23.3. The number of carbonyl (C=O) groups excluding carboxylic acids is 2. The number of rotatable bonds is 12. The molecule has 20 heavy (non-hydrogen) atoms. The molecule has 0 aromatic heterocycles. The van der Waals surface area contributed by atoms with Gasteiger partial charge in [0.05, 0.1) is 25.6 Å². The molecule has 0 aromatic carbocycles. The van der Waals surface area contributed by atoms with Gasteiger partial charge in [-0.1, -0.05) is 45.4 Å². The molecule has 0 rings (SSSR count). The number of hydrogen-bond donors (Lipinski definition) is 0. The topological polar surface area (TPSA) is 52.6 Å². The van der Waals surface area contributed by atoms with E-state index >= 15 is 0 Å². The van der Waals surface area contributed by atoms with E-state index in [-0.39, 0.29) is 24.3 Å². The van der Waals surface area contributed by atoms with Gasteiger partial charge >= 0.3 is 11.9 Å². The van der Waals surface area contributed by atoms with Crippen molar-refractivity contribution in [3.05, 3.63) is 0 Å². The first-order chi connectivity index (χ1) is 9.65. The first-order valence-electron chi connectivity index (χ1n) is 7.97. The molecule has 0 heterocycles. The van der Waals surface area contributed by atoms with Gasteiger partial charge in [-0.05, 0) is 20.3 Å². The lowest BCUT2D eigenvalue weighted by atomic mass is 9.97. The van der Waals surface area contributed by atoms with Crippen LogP contribution in [0.4, 0.5) is 0 Å². The summed E-state index contributed by atoms with van der Waals surface area (Å²) in [6.07, 6.45) is 7.87. The van der Waals surface area contributed by atoms with Gasteiger partial charge in [-0.15, -0.1) is 0 Å². The number of ether oxygens (including phenoxy) is 2. The third-order valence-corrected chi connectivity index (χ3v) is 3.24. The highest BCUT2D eigenvalue weighted by atomic mass is 16.5. The van der Waals surface area contributed by atoms with E-state index in [9.17, 15) is 9.59 Å². The fourth-order valence-corrected chi connectivity index (χ4v) is 2.16. The highest BCUT2D eigenvalue weighted by Gasteiger charge is 2.23. The molecule has 0 aliphatic rings. The largest absolute Gasteiger partial charge is 0.466 e. The van der Waals surface area contributed by atoms with Crippen molar-refractivity contribution in [2.24, 2.45) is 5.92 Å². The molecule has 0 fully saturated rings. The van der Waals surface area contributed by atoms with Crippen molar-refractivity contribution in [3.63, 3.8) is 0 Å². The number of unbranched alkanes of at least 4 members (excludes halogenated alkanes) is 5. The minimum atomic E-state index is -0.347. The Bertz CT molecular complexity index is 263. The zero-order valence-corrected chi connectivity index (χ0v) is 13.3. The number of carbonyl (C=O) groups is 2. The van der Waals surface area contributed by atoms with Crippen molar-refractivity contribution in [1.29, 1.82) is 0 Å². The summed E-state index contributed by atoms with van der Waals surface area (Å²) in [6, 6.07) is 0. The maximum Gasteiger partial charge on any atom is 0.309 e. The van der Waals surface area contributed by atoms with E-state index in [0.29, 0.717) is 19.6 Å². The standard InChI is InChI=1S/C16H30O4/c1-4-7-8-9-10-11-12-14(16(18)20-6-3)13-15(17)19-5-2/h14H,4-13H2,1-3H3. The van der Waals surface area contributed by atoms with Crippen LogP contribution in [0.25, 0.3) is 0 Å². The molecule has 118 valence electrons. The molecule has 0 saturated carbocycles. The van der Waals surface area contributed by atoms with E-state index in [4.69, 9.17) is 9.47 Å². The molecule has 0 amide bonds. The van der Waals surface area contributed by atoms with Gasteiger partial charge in [0.15, 0.2) is 0 Å². The Balaban J connectivity index is 4.04. The molecule has 0 saturated heterocycles. The van der Waals surface area contributed by atoms with E-state index < -0.39 is 0 Å². The highest BCUT2D eigenvalue weighted by molar-refractivity contribution is 5.79. The average Bonchev–Trinajstić information content (AvgIpc) is 2.41. The van der Waals surface area contributed by atoms with Crippen molar-refractivity contribution in [2.75, 3.05) is 13.2 Å². The van der Waals surface area contributed by atoms with Gasteiger partial charge in [0.2, 0.25) is 0 Å². The van der Waals surface area contributed by atoms with Crippen molar-refractivity contribution in [3.8, 4) is 0 Å². The van der Waals surface area contributed by atoms with Gasteiger partial charge in [-0.25, -0.2) is 0 Å². The summed E-state index contributed by atoms with van der Waals surface area (Å²) in [6.45, 7) is 6.45. The molecule has 0 radical (unpaired) electrons. The molecular formula is C16H30O4. The number of esters is 2. The van der Waals surface area contributed by atoms with Gasteiger partial charge in [-0.3, -0.25) is 9.59 Å². The Labute approximate surface area is 123 Å². The van der Waals surface area contributed by atoms with Crippen LogP contribution in [-0.2, 0) is 19.1 Å². The molecule has 1 atom stereocenters. The zero-order chi connectivity index (χ0) is 15.2. The van der Waals surface area contributed by atoms with Gasteiger partial charge in [-0.2, -0.15) is 0 Å². The van der Waals surface area contributed by atoms with Gasteiger partial charge in [0.25, 0.3) is 0 Å². The normalized spacial score (nSPS) is 11.9. The summed E-state index contributed by atoms with van der Waals surface area (Å²) in [7, 11) is 0. The summed E-state index contributed by atoms with van der Waals surface area (Å²) in [5, 5.41) is 0. The lowest BCUT2D eigenvalue weighted by Crippen LogP contribution is -2.22. The van der Waals surface area contributed by atoms with Crippen molar-refractivity contribution in [1.82, 2.24) is 0 Å². The van der Waals surface area contributed by atoms with E-state index in [0.717, 1.165) is 12.8 Å². The molecule has 0 bridgehead atoms. The van der Waals surface area contributed by atoms with E-state index in [2.05, 4.69) is 6.92 Å². The first kappa shape index (κ1) is 18.9. The molecule has 4 heteroatoms. The Hall–Kier alpha value is -1.06. The molecule has 0 aliphatic heterocycles. The van der Waals surface area contributed by atoms with Crippen LogP contribution in [0.5, 0.6) is 0 Å². The SMILES string of the molecule is CCCCCCCCC(CC(=O)OCC)C(=O)OCC. The Morgan fingerprint density at radius 1 is 0.850 bits per heavy atom. The Kier molecular flexibility index (Phi) is 12.3. The van der Waals surface area contributed by atoms with Crippen LogP contribution in [0, 0.1) is 5.92 Å². The minimum absolute atomic E-state index is 0.141. The van der Waals surface area contributed by atoms with Crippen LogP contribution in [0.15, 0.2) is 0 Å². The van der Waals surface area contributed by atoms with Crippen LogP contribution in [0.1, 0.15) is 72.1 Å². The Morgan fingerprint density at radius 3 is 2.05 bits per heavy atom. The Morgan fingerprint density at radius 2 is 1.45 bits per heavy atom. The molecule has 0 aromatic rings. The van der Waals surface area contributed by atoms with Crippen molar-refractivity contribution >= 4 is 11.9 Å². The van der Waals surface area contributed by atoms with Gasteiger partial charge in [0, 0.05) is 0 Å². The molecule has 1 unspecified atom stereocenters. The van der Waals surface area contributed by atoms with Gasteiger partial charge < -0.3 is 9.47 Å². The molecule has 0 N–H and O–H groups in total. The number of hydrogen-bond acceptors (Lipinski definition) is 4. The molecule has 4 nitrogen and oxygen atoms in total. The van der Waals surface area contributed by atoms with Crippen LogP contribution >= 0.6 is 0 Å². The van der Waals surface area contributed by atoms with Crippen molar-refractivity contribution in [2.45, 2.75) is 72.1 Å². The van der Waals surface area contributed by atoms with Crippen LogP contribution in [0.2, 0.25) is 0 Å². The summed E-state index contributed by atoms with van der Waals surface area (Å²) < 4.78 is 9.95. The molecule has 0 aliphatic carbocycles. The predicted molar refractivity (Wildman–Crippen MR) is 79.4 cm³/mol. The summed E-state index contributed by atoms with van der Waals surface area (Å²) in [5.74, 6) is -0.925. The molecule has 0 spiro atoms. The second kappa shape index (κ2) is 12.9.